The summed E-state index contributed by atoms with van der Waals surface area (Å²) in [5.41, 5.74) is -0.502. The van der Waals surface area contributed by atoms with Gasteiger partial charge in [0.1, 0.15) is 0 Å². The van der Waals surface area contributed by atoms with Gasteiger partial charge < -0.3 is 9.84 Å². The average Bonchev–Trinajstić information content (AvgIpc) is 2.01. The molecule has 0 aliphatic carbocycles. The molecule has 1 heterocycles. The van der Waals surface area contributed by atoms with Gasteiger partial charge in [0.05, 0.1) is 17.8 Å². The van der Waals surface area contributed by atoms with Gasteiger partial charge in [-0.3, -0.25) is 0 Å². The van der Waals surface area contributed by atoms with Crippen LogP contribution in [0.1, 0.15) is 59.3 Å². The Labute approximate surface area is 87.7 Å². The summed E-state index contributed by atoms with van der Waals surface area (Å²) in [7, 11) is 0. The highest BCUT2D eigenvalue weighted by Gasteiger charge is 2.35. The van der Waals surface area contributed by atoms with Gasteiger partial charge in [0, 0.05) is 12.8 Å². The van der Waals surface area contributed by atoms with E-state index in [1.54, 1.807) is 0 Å². The zero-order valence-electron chi connectivity index (χ0n) is 9.75. The van der Waals surface area contributed by atoms with Gasteiger partial charge in [0.25, 0.3) is 0 Å². The molecule has 0 aromatic heterocycles. The standard InChI is InChI=1S/C12H24O2/c1-4-6-10-8-12(3,13)9-11(14-10)7-5-2/h10-11,13H,4-9H2,1-3H3/t10-,11+,12?. The van der Waals surface area contributed by atoms with E-state index in [9.17, 15) is 5.11 Å². The molecule has 0 radical (unpaired) electrons. The summed E-state index contributed by atoms with van der Waals surface area (Å²) in [4.78, 5) is 0. The fourth-order valence-electron chi connectivity index (χ4n) is 2.42. The Morgan fingerprint density at radius 2 is 1.57 bits per heavy atom. The highest BCUT2D eigenvalue weighted by molar-refractivity contribution is 4.86. The SMILES string of the molecule is CCC[C@@H]1CC(C)(O)C[C@H](CCC)O1. The van der Waals surface area contributed by atoms with E-state index in [0.29, 0.717) is 0 Å². The van der Waals surface area contributed by atoms with Crippen LogP contribution in [-0.4, -0.2) is 22.9 Å². The van der Waals surface area contributed by atoms with Gasteiger partial charge >= 0.3 is 0 Å². The Morgan fingerprint density at radius 1 is 1.14 bits per heavy atom. The molecule has 0 saturated carbocycles. The third-order valence-corrected chi connectivity index (χ3v) is 2.94. The largest absolute Gasteiger partial charge is 0.390 e. The van der Waals surface area contributed by atoms with E-state index in [4.69, 9.17) is 4.74 Å². The second-order valence-corrected chi connectivity index (χ2v) is 4.86. The van der Waals surface area contributed by atoms with Crippen LogP contribution in [-0.2, 0) is 4.74 Å². The molecule has 1 aliphatic rings. The van der Waals surface area contributed by atoms with Crippen molar-refractivity contribution in [3.8, 4) is 0 Å². The third-order valence-electron chi connectivity index (χ3n) is 2.94. The summed E-state index contributed by atoms with van der Waals surface area (Å²) >= 11 is 0. The molecule has 0 spiro atoms. The first-order chi connectivity index (χ1) is 6.57. The van der Waals surface area contributed by atoms with Crippen LogP contribution in [0.5, 0.6) is 0 Å². The third kappa shape index (κ3) is 3.58. The van der Waals surface area contributed by atoms with E-state index < -0.39 is 5.60 Å². The maximum absolute atomic E-state index is 10.1. The Balaban J connectivity index is 2.48. The van der Waals surface area contributed by atoms with Crippen molar-refractivity contribution in [2.75, 3.05) is 0 Å². The molecule has 1 fully saturated rings. The van der Waals surface area contributed by atoms with Crippen LogP contribution in [0.15, 0.2) is 0 Å². The number of aliphatic hydroxyl groups is 1. The van der Waals surface area contributed by atoms with E-state index >= 15 is 0 Å². The summed E-state index contributed by atoms with van der Waals surface area (Å²) in [6, 6.07) is 0. The smallest absolute Gasteiger partial charge is 0.0669 e. The monoisotopic (exact) mass is 200 g/mol. The maximum atomic E-state index is 10.1. The lowest BCUT2D eigenvalue weighted by Crippen LogP contribution is -2.43. The molecular formula is C12H24O2. The van der Waals surface area contributed by atoms with E-state index in [2.05, 4.69) is 13.8 Å². The highest BCUT2D eigenvalue weighted by atomic mass is 16.5. The van der Waals surface area contributed by atoms with Gasteiger partial charge in [0.15, 0.2) is 0 Å². The summed E-state index contributed by atoms with van der Waals surface area (Å²) < 4.78 is 5.94. The molecule has 1 unspecified atom stereocenters. The van der Waals surface area contributed by atoms with Crippen molar-refractivity contribution in [1.29, 1.82) is 0 Å². The number of hydrogen-bond donors (Lipinski definition) is 1. The van der Waals surface area contributed by atoms with Crippen molar-refractivity contribution < 1.29 is 9.84 Å². The van der Waals surface area contributed by atoms with Gasteiger partial charge in [-0.15, -0.1) is 0 Å². The first-order valence-corrected chi connectivity index (χ1v) is 5.95. The molecular weight excluding hydrogens is 176 g/mol. The van der Waals surface area contributed by atoms with Gasteiger partial charge in [0.2, 0.25) is 0 Å². The van der Waals surface area contributed by atoms with E-state index in [1.165, 1.54) is 0 Å². The van der Waals surface area contributed by atoms with Crippen LogP contribution in [0.4, 0.5) is 0 Å². The second-order valence-electron chi connectivity index (χ2n) is 4.86. The van der Waals surface area contributed by atoms with Gasteiger partial charge in [-0.25, -0.2) is 0 Å². The van der Waals surface area contributed by atoms with Crippen molar-refractivity contribution in [3.05, 3.63) is 0 Å². The molecule has 14 heavy (non-hydrogen) atoms. The van der Waals surface area contributed by atoms with Crippen molar-refractivity contribution in [2.45, 2.75) is 77.1 Å². The van der Waals surface area contributed by atoms with Crippen molar-refractivity contribution in [2.24, 2.45) is 0 Å². The topological polar surface area (TPSA) is 29.5 Å². The molecule has 0 amide bonds. The molecule has 1 saturated heterocycles. The minimum absolute atomic E-state index is 0.278. The van der Waals surface area contributed by atoms with Crippen molar-refractivity contribution in [3.63, 3.8) is 0 Å². The molecule has 1 rings (SSSR count). The summed E-state index contributed by atoms with van der Waals surface area (Å²) in [5.74, 6) is 0. The summed E-state index contributed by atoms with van der Waals surface area (Å²) in [6.07, 6.45) is 6.61. The number of hydrogen-bond acceptors (Lipinski definition) is 2. The Hall–Kier alpha value is -0.0800. The lowest BCUT2D eigenvalue weighted by atomic mass is 9.86. The summed E-state index contributed by atoms with van der Waals surface area (Å²) in [5, 5.41) is 10.1. The molecule has 0 aromatic rings. The fourth-order valence-corrected chi connectivity index (χ4v) is 2.42. The van der Waals surface area contributed by atoms with Crippen LogP contribution in [0.25, 0.3) is 0 Å². The van der Waals surface area contributed by atoms with Crippen LogP contribution < -0.4 is 0 Å². The first kappa shape index (κ1) is 12.0. The quantitative estimate of drug-likeness (QED) is 0.756. The fraction of sp³-hybridized carbons (Fsp3) is 1.00. The lowest BCUT2D eigenvalue weighted by Gasteiger charge is -2.39. The molecule has 0 aromatic carbocycles. The Bertz CT molecular complexity index is 150. The predicted molar refractivity (Wildman–Crippen MR) is 58.3 cm³/mol. The second kappa shape index (κ2) is 5.13. The minimum Gasteiger partial charge on any atom is -0.390 e. The Kier molecular flexibility index (Phi) is 4.39. The predicted octanol–water partition coefficient (Wildman–Crippen LogP) is 2.89. The van der Waals surface area contributed by atoms with Crippen LogP contribution >= 0.6 is 0 Å². The van der Waals surface area contributed by atoms with Crippen LogP contribution in [0.2, 0.25) is 0 Å². The molecule has 1 aliphatic heterocycles. The van der Waals surface area contributed by atoms with Crippen molar-refractivity contribution >= 4 is 0 Å². The average molecular weight is 200 g/mol. The molecule has 0 bridgehead atoms. The normalized spacial score (nSPS) is 38.6. The van der Waals surface area contributed by atoms with Crippen molar-refractivity contribution in [1.82, 2.24) is 0 Å². The number of rotatable bonds is 4. The van der Waals surface area contributed by atoms with E-state index in [0.717, 1.165) is 38.5 Å². The van der Waals surface area contributed by atoms with Gasteiger partial charge in [-0.2, -0.15) is 0 Å². The summed E-state index contributed by atoms with van der Waals surface area (Å²) in [6.45, 7) is 6.28. The molecule has 3 atom stereocenters. The maximum Gasteiger partial charge on any atom is 0.0669 e. The van der Waals surface area contributed by atoms with Gasteiger partial charge in [-0.05, 0) is 19.8 Å². The molecule has 2 nitrogen and oxygen atoms in total. The first-order valence-electron chi connectivity index (χ1n) is 5.95. The van der Waals surface area contributed by atoms with E-state index in [1.807, 2.05) is 6.92 Å². The van der Waals surface area contributed by atoms with Crippen LogP contribution in [0, 0.1) is 0 Å². The number of ether oxygens (including phenoxy) is 1. The van der Waals surface area contributed by atoms with Crippen LogP contribution in [0.3, 0.4) is 0 Å². The van der Waals surface area contributed by atoms with E-state index in [-0.39, 0.29) is 12.2 Å². The Morgan fingerprint density at radius 3 is 1.93 bits per heavy atom. The minimum atomic E-state index is -0.502. The zero-order chi connectivity index (χ0) is 10.6. The highest BCUT2D eigenvalue weighted by Crippen LogP contribution is 2.32. The lowest BCUT2D eigenvalue weighted by molar-refractivity contribution is -0.139. The zero-order valence-corrected chi connectivity index (χ0v) is 9.75. The van der Waals surface area contributed by atoms with Gasteiger partial charge in [-0.1, -0.05) is 26.7 Å². The molecule has 1 N–H and O–H groups in total. The molecule has 2 heteroatoms. The molecule has 84 valence electrons.